The molecule has 1 aromatic carbocycles. The number of allylic oxidation sites excluding steroid dienone is 1. The van der Waals surface area contributed by atoms with Crippen LogP contribution in [0, 0.1) is 0 Å². The number of nitrogens with two attached hydrogens (primary N) is 2. The second kappa shape index (κ2) is 8.70. The van der Waals surface area contributed by atoms with Gasteiger partial charge in [-0.3, -0.25) is 9.79 Å². The highest BCUT2D eigenvalue weighted by Crippen LogP contribution is 2.26. The lowest BCUT2D eigenvalue weighted by Crippen LogP contribution is -2.29. The maximum atomic E-state index is 12.2. The Morgan fingerprint density at radius 3 is 2.85 bits per heavy atom. The number of oxazole rings is 1. The van der Waals surface area contributed by atoms with Crippen molar-refractivity contribution >= 4 is 41.0 Å². The number of aromatic nitrogens is 1. The number of rotatable bonds is 5. The standard InChI is InChI=1S/C18H21ClN6O2/c19-14-2-1-11(12(8-20)9-23-13-3-5-22-6-4-13)7-15(14)24-17(26)16-10-27-18(21)25-16/h1-2,7-10,13,22H,3-6,20H2,(H2,21,25)(H,24,26). The van der Waals surface area contributed by atoms with E-state index in [0.29, 0.717) is 10.7 Å². The number of aliphatic imine (C=N–C) groups is 1. The molecule has 8 nitrogen and oxygen atoms in total. The van der Waals surface area contributed by atoms with E-state index in [9.17, 15) is 4.79 Å². The minimum atomic E-state index is -0.476. The van der Waals surface area contributed by atoms with Gasteiger partial charge in [-0.25, -0.2) is 0 Å². The zero-order chi connectivity index (χ0) is 19.2. The quantitative estimate of drug-likeness (QED) is 0.581. The Morgan fingerprint density at radius 2 is 2.19 bits per heavy atom. The zero-order valence-corrected chi connectivity index (χ0v) is 15.4. The molecule has 0 saturated carbocycles. The average molecular weight is 389 g/mol. The molecule has 2 heterocycles. The molecular formula is C18H21ClN6O2. The first-order chi connectivity index (χ1) is 13.1. The molecule has 0 spiro atoms. The second-order valence-electron chi connectivity index (χ2n) is 6.10. The number of hydrogen-bond donors (Lipinski definition) is 4. The van der Waals surface area contributed by atoms with Crippen molar-refractivity contribution in [3.8, 4) is 0 Å². The molecule has 1 saturated heterocycles. The highest BCUT2D eigenvalue weighted by molar-refractivity contribution is 6.34. The first kappa shape index (κ1) is 18.9. The predicted molar refractivity (Wildman–Crippen MR) is 107 cm³/mol. The normalized spacial score (nSPS) is 16.0. The van der Waals surface area contributed by atoms with Crippen molar-refractivity contribution in [2.45, 2.75) is 18.9 Å². The molecule has 0 bridgehead atoms. The van der Waals surface area contributed by atoms with Gasteiger partial charge >= 0.3 is 0 Å². The van der Waals surface area contributed by atoms with Gasteiger partial charge in [0.25, 0.3) is 11.9 Å². The molecule has 1 amide bonds. The van der Waals surface area contributed by atoms with Gasteiger partial charge in [0.1, 0.15) is 6.26 Å². The maximum Gasteiger partial charge on any atom is 0.292 e. The third-order valence-corrected chi connectivity index (χ3v) is 4.54. The Hall–Kier alpha value is -2.84. The fourth-order valence-electron chi connectivity index (χ4n) is 2.73. The molecule has 0 unspecified atom stereocenters. The Labute approximate surface area is 161 Å². The van der Waals surface area contributed by atoms with Crippen LogP contribution in [0.2, 0.25) is 5.02 Å². The van der Waals surface area contributed by atoms with Crippen LogP contribution in [0.1, 0.15) is 28.9 Å². The van der Waals surface area contributed by atoms with Crippen LogP contribution in [0.4, 0.5) is 11.7 Å². The topological polar surface area (TPSA) is 132 Å². The summed E-state index contributed by atoms with van der Waals surface area (Å²) in [7, 11) is 0. The summed E-state index contributed by atoms with van der Waals surface area (Å²) in [6, 6.07) is 5.44. The highest BCUT2D eigenvalue weighted by atomic mass is 35.5. The van der Waals surface area contributed by atoms with Crippen LogP contribution in [0.5, 0.6) is 0 Å². The molecule has 1 aliphatic heterocycles. The van der Waals surface area contributed by atoms with Gasteiger partial charge in [0.15, 0.2) is 5.69 Å². The monoisotopic (exact) mass is 388 g/mol. The summed E-state index contributed by atoms with van der Waals surface area (Å²) in [6.07, 6.45) is 6.43. The fraction of sp³-hybridized carbons (Fsp3) is 0.278. The Balaban J connectivity index is 1.76. The van der Waals surface area contributed by atoms with Gasteiger partial charge in [-0.05, 0) is 43.6 Å². The van der Waals surface area contributed by atoms with E-state index in [2.05, 4.69) is 20.6 Å². The van der Waals surface area contributed by atoms with E-state index in [1.165, 1.54) is 12.5 Å². The number of halogens is 1. The van der Waals surface area contributed by atoms with Gasteiger partial charge in [-0.2, -0.15) is 4.98 Å². The lowest BCUT2D eigenvalue weighted by atomic mass is 10.1. The molecule has 0 radical (unpaired) electrons. The largest absolute Gasteiger partial charge is 0.431 e. The molecule has 142 valence electrons. The van der Waals surface area contributed by atoms with Crippen LogP contribution in [0.15, 0.2) is 40.1 Å². The van der Waals surface area contributed by atoms with Crippen molar-refractivity contribution in [1.82, 2.24) is 10.3 Å². The van der Waals surface area contributed by atoms with Crippen LogP contribution in [0.3, 0.4) is 0 Å². The van der Waals surface area contributed by atoms with Crippen molar-refractivity contribution in [3.05, 3.63) is 46.9 Å². The predicted octanol–water partition coefficient (Wildman–Crippen LogP) is 2.28. The smallest absolute Gasteiger partial charge is 0.292 e. The summed E-state index contributed by atoms with van der Waals surface area (Å²) in [5.74, 6) is -0.476. The third kappa shape index (κ3) is 4.87. The van der Waals surface area contributed by atoms with Crippen molar-refractivity contribution in [2.75, 3.05) is 24.1 Å². The van der Waals surface area contributed by atoms with Crippen molar-refractivity contribution < 1.29 is 9.21 Å². The van der Waals surface area contributed by atoms with Crippen LogP contribution in [-0.2, 0) is 0 Å². The Bertz CT molecular complexity index is 870. The van der Waals surface area contributed by atoms with Crippen LogP contribution >= 0.6 is 11.6 Å². The first-order valence-corrected chi connectivity index (χ1v) is 8.92. The molecule has 27 heavy (non-hydrogen) atoms. The van der Waals surface area contributed by atoms with Gasteiger partial charge in [-0.1, -0.05) is 17.7 Å². The number of benzene rings is 1. The summed E-state index contributed by atoms with van der Waals surface area (Å²) in [5, 5.41) is 6.39. The first-order valence-electron chi connectivity index (χ1n) is 8.55. The van der Waals surface area contributed by atoms with Gasteiger partial charge in [-0.15, -0.1) is 0 Å². The maximum absolute atomic E-state index is 12.2. The summed E-state index contributed by atoms with van der Waals surface area (Å²) in [6.45, 7) is 1.93. The third-order valence-electron chi connectivity index (χ3n) is 4.22. The summed E-state index contributed by atoms with van der Waals surface area (Å²) < 4.78 is 4.85. The number of hydrogen-bond acceptors (Lipinski definition) is 7. The molecule has 9 heteroatoms. The van der Waals surface area contributed by atoms with Gasteiger partial charge in [0.2, 0.25) is 0 Å². The van der Waals surface area contributed by atoms with Gasteiger partial charge in [0.05, 0.1) is 16.8 Å². The van der Waals surface area contributed by atoms with E-state index in [-0.39, 0.29) is 17.8 Å². The molecule has 1 aliphatic rings. The summed E-state index contributed by atoms with van der Waals surface area (Å²) in [4.78, 5) is 20.7. The summed E-state index contributed by atoms with van der Waals surface area (Å²) >= 11 is 6.21. The summed E-state index contributed by atoms with van der Waals surface area (Å²) in [5.41, 5.74) is 13.2. The second-order valence-corrected chi connectivity index (χ2v) is 6.51. The molecule has 0 atom stereocenters. The lowest BCUT2D eigenvalue weighted by Gasteiger charge is -2.18. The number of nitrogens with zero attached hydrogens (tertiary/aromatic N) is 2. The zero-order valence-electron chi connectivity index (χ0n) is 14.6. The van der Waals surface area contributed by atoms with E-state index in [1.807, 2.05) is 6.07 Å². The number of carbonyl (C=O) groups excluding carboxylic acids is 1. The number of carbonyl (C=O) groups is 1. The number of nitrogen functional groups attached to an aromatic ring is 1. The minimum absolute atomic E-state index is 0.0658. The number of anilines is 2. The molecule has 0 aliphatic carbocycles. The number of piperidine rings is 1. The van der Waals surface area contributed by atoms with Crippen molar-refractivity contribution in [1.29, 1.82) is 0 Å². The number of amides is 1. The molecule has 6 N–H and O–H groups in total. The highest BCUT2D eigenvalue weighted by Gasteiger charge is 2.14. The Morgan fingerprint density at radius 1 is 1.41 bits per heavy atom. The van der Waals surface area contributed by atoms with Crippen LogP contribution in [-0.4, -0.2) is 36.2 Å². The number of nitrogens with one attached hydrogen (secondary N) is 2. The van der Waals surface area contributed by atoms with Crippen LogP contribution < -0.4 is 22.1 Å². The fourth-order valence-corrected chi connectivity index (χ4v) is 2.90. The average Bonchev–Trinajstić information content (AvgIpc) is 3.12. The van der Waals surface area contributed by atoms with E-state index in [0.717, 1.165) is 37.1 Å². The molecule has 2 aromatic rings. The SMILES string of the molecule is NC=C(C=NC1CCNCC1)c1ccc(Cl)c(NC(=O)c2coc(N)n2)c1. The lowest BCUT2D eigenvalue weighted by molar-refractivity contribution is 0.102. The van der Waals surface area contributed by atoms with Crippen LogP contribution in [0.25, 0.3) is 5.57 Å². The van der Waals surface area contributed by atoms with Gasteiger partial charge < -0.3 is 26.5 Å². The van der Waals surface area contributed by atoms with Crippen molar-refractivity contribution in [3.63, 3.8) is 0 Å². The molecular weight excluding hydrogens is 368 g/mol. The van der Waals surface area contributed by atoms with E-state index in [1.54, 1.807) is 18.3 Å². The van der Waals surface area contributed by atoms with E-state index < -0.39 is 5.91 Å². The molecule has 1 aromatic heterocycles. The molecule has 1 fully saturated rings. The van der Waals surface area contributed by atoms with Crippen molar-refractivity contribution in [2.24, 2.45) is 10.7 Å². The van der Waals surface area contributed by atoms with E-state index >= 15 is 0 Å². The minimum Gasteiger partial charge on any atom is -0.431 e. The molecule has 3 rings (SSSR count). The van der Waals surface area contributed by atoms with E-state index in [4.69, 9.17) is 27.5 Å². The van der Waals surface area contributed by atoms with Gasteiger partial charge in [0, 0.05) is 18.0 Å². The Kier molecular flexibility index (Phi) is 6.10.